The topological polar surface area (TPSA) is 55.5 Å². The molecule has 0 amide bonds. The highest BCUT2D eigenvalue weighted by molar-refractivity contribution is 5.35. The Morgan fingerprint density at radius 3 is 2.56 bits per heavy atom. The lowest BCUT2D eigenvalue weighted by Crippen LogP contribution is -2.38. The van der Waals surface area contributed by atoms with Gasteiger partial charge >= 0.3 is 0 Å². The fourth-order valence-electron chi connectivity index (χ4n) is 2.49. The maximum absolute atomic E-state index is 9.72. The molecule has 0 aromatic heterocycles. The first-order valence-electron chi connectivity index (χ1n) is 5.79. The van der Waals surface area contributed by atoms with E-state index < -0.39 is 0 Å². The Morgan fingerprint density at radius 1 is 1.25 bits per heavy atom. The van der Waals surface area contributed by atoms with Gasteiger partial charge in [0.15, 0.2) is 0 Å². The standard InChI is InChI=1S/C13H19NO2/c14-9-11-3-1-2-4-12(11)13(10-15)5-7-16-8-6-13/h1-4,15H,5-10,14H2. The Kier molecular flexibility index (Phi) is 3.59. The predicted octanol–water partition coefficient (Wildman–Crippen LogP) is 1.19. The average Bonchev–Trinajstić information content (AvgIpc) is 2.39. The molecule has 0 radical (unpaired) electrons. The van der Waals surface area contributed by atoms with E-state index in [-0.39, 0.29) is 12.0 Å². The zero-order chi connectivity index (χ0) is 11.4. The van der Waals surface area contributed by atoms with Crippen LogP contribution >= 0.6 is 0 Å². The molecule has 0 atom stereocenters. The molecule has 0 spiro atoms. The number of rotatable bonds is 3. The molecule has 1 fully saturated rings. The van der Waals surface area contributed by atoms with Gasteiger partial charge in [0.05, 0.1) is 6.61 Å². The van der Waals surface area contributed by atoms with E-state index in [2.05, 4.69) is 6.07 Å². The maximum Gasteiger partial charge on any atom is 0.0529 e. The molecule has 0 unspecified atom stereocenters. The number of benzene rings is 1. The summed E-state index contributed by atoms with van der Waals surface area (Å²) in [6.45, 7) is 2.14. The number of ether oxygens (including phenoxy) is 1. The molecular formula is C13H19NO2. The molecule has 0 saturated carbocycles. The molecule has 1 aliphatic rings. The second-order valence-corrected chi connectivity index (χ2v) is 4.41. The van der Waals surface area contributed by atoms with Crippen LogP contribution in [0.1, 0.15) is 24.0 Å². The summed E-state index contributed by atoms with van der Waals surface area (Å²) in [5, 5.41) is 9.72. The highest BCUT2D eigenvalue weighted by Crippen LogP contribution is 2.36. The minimum atomic E-state index is -0.145. The summed E-state index contributed by atoms with van der Waals surface area (Å²) in [4.78, 5) is 0. The van der Waals surface area contributed by atoms with E-state index in [0.717, 1.165) is 31.6 Å². The third-order valence-electron chi connectivity index (χ3n) is 3.56. The third kappa shape index (κ3) is 1.98. The largest absolute Gasteiger partial charge is 0.395 e. The molecule has 1 aromatic rings. The summed E-state index contributed by atoms with van der Waals surface area (Å²) in [5.41, 5.74) is 7.95. The first-order chi connectivity index (χ1) is 7.82. The van der Waals surface area contributed by atoms with E-state index >= 15 is 0 Å². The molecule has 1 aromatic carbocycles. The second-order valence-electron chi connectivity index (χ2n) is 4.41. The quantitative estimate of drug-likeness (QED) is 0.806. The minimum absolute atomic E-state index is 0.145. The van der Waals surface area contributed by atoms with E-state index in [1.807, 2.05) is 18.2 Å². The summed E-state index contributed by atoms with van der Waals surface area (Å²) in [5.74, 6) is 0. The minimum Gasteiger partial charge on any atom is -0.395 e. The first-order valence-corrected chi connectivity index (χ1v) is 5.79. The molecule has 16 heavy (non-hydrogen) atoms. The number of hydrogen-bond donors (Lipinski definition) is 2. The van der Waals surface area contributed by atoms with Crippen LogP contribution < -0.4 is 5.73 Å². The molecule has 1 saturated heterocycles. The number of aliphatic hydroxyl groups is 1. The molecule has 1 aliphatic heterocycles. The van der Waals surface area contributed by atoms with Crippen molar-refractivity contribution in [3.05, 3.63) is 35.4 Å². The molecule has 2 rings (SSSR count). The molecular weight excluding hydrogens is 202 g/mol. The van der Waals surface area contributed by atoms with Crippen LogP contribution in [-0.4, -0.2) is 24.9 Å². The van der Waals surface area contributed by atoms with Gasteiger partial charge in [0.2, 0.25) is 0 Å². The van der Waals surface area contributed by atoms with Gasteiger partial charge < -0.3 is 15.6 Å². The summed E-state index contributed by atoms with van der Waals surface area (Å²) in [6, 6.07) is 8.14. The second kappa shape index (κ2) is 4.95. The smallest absolute Gasteiger partial charge is 0.0529 e. The lowest BCUT2D eigenvalue weighted by atomic mass is 9.73. The van der Waals surface area contributed by atoms with E-state index in [0.29, 0.717) is 6.54 Å². The highest BCUT2D eigenvalue weighted by Gasteiger charge is 2.35. The summed E-state index contributed by atoms with van der Waals surface area (Å²) in [7, 11) is 0. The Morgan fingerprint density at radius 2 is 1.94 bits per heavy atom. The van der Waals surface area contributed by atoms with E-state index in [9.17, 15) is 5.11 Å². The fourth-order valence-corrected chi connectivity index (χ4v) is 2.49. The SMILES string of the molecule is NCc1ccccc1C1(CO)CCOCC1. The monoisotopic (exact) mass is 221 g/mol. The fraction of sp³-hybridized carbons (Fsp3) is 0.538. The van der Waals surface area contributed by atoms with Gasteiger partial charge in [-0.3, -0.25) is 0 Å². The van der Waals surface area contributed by atoms with E-state index in [1.54, 1.807) is 0 Å². The predicted molar refractivity (Wildman–Crippen MR) is 63.2 cm³/mol. The van der Waals surface area contributed by atoms with Gasteiger partial charge in [0, 0.05) is 25.2 Å². The Bertz CT molecular complexity index is 346. The van der Waals surface area contributed by atoms with Gasteiger partial charge in [-0.05, 0) is 24.0 Å². The molecule has 3 nitrogen and oxygen atoms in total. The van der Waals surface area contributed by atoms with Gasteiger partial charge in [-0.2, -0.15) is 0 Å². The van der Waals surface area contributed by atoms with Crippen molar-refractivity contribution in [1.82, 2.24) is 0 Å². The molecule has 0 aliphatic carbocycles. The van der Waals surface area contributed by atoms with Crippen LogP contribution in [0.5, 0.6) is 0 Å². The lowest BCUT2D eigenvalue weighted by molar-refractivity contribution is 0.0249. The van der Waals surface area contributed by atoms with Crippen molar-refractivity contribution in [1.29, 1.82) is 0 Å². The van der Waals surface area contributed by atoms with E-state index in [4.69, 9.17) is 10.5 Å². The van der Waals surface area contributed by atoms with Gasteiger partial charge in [-0.15, -0.1) is 0 Å². The molecule has 0 bridgehead atoms. The first kappa shape index (κ1) is 11.6. The van der Waals surface area contributed by atoms with Crippen LogP contribution in [0.3, 0.4) is 0 Å². The Hall–Kier alpha value is -0.900. The molecule has 88 valence electrons. The van der Waals surface area contributed by atoms with Crippen LogP contribution in [0.2, 0.25) is 0 Å². The Labute approximate surface area is 96.2 Å². The van der Waals surface area contributed by atoms with Gasteiger partial charge in [0.25, 0.3) is 0 Å². The van der Waals surface area contributed by atoms with Crippen LogP contribution in [0, 0.1) is 0 Å². The number of nitrogens with two attached hydrogens (primary N) is 1. The van der Waals surface area contributed by atoms with Gasteiger partial charge in [0.1, 0.15) is 0 Å². The van der Waals surface area contributed by atoms with Crippen molar-refractivity contribution in [2.24, 2.45) is 5.73 Å². The summed E-state index contributed by atoms with van der Waals surface area (Å²) in [6.07, 6.45) is 1.75. The maximum atomic E-state index is 9.72. The number of hydrogen-bond acceptors (Lipinski definition) is 3. The average molecular weight is 221 g/mol. The summed E-state index contributed by atoms with van der Waals surface area (Å²) >= 11 is 0. The van der Waals surface area contributed by atoms with Crippen molar-refractivity contribution in [3.8, 4) is 0 Å². The van der Waals surface area contributed by atoms with Crippen molar-refractivity contribution in [2.45, 2.75) is 24.8 Å². The lowest BCUT2D eigenvalue weighted by Gasteiger charge is -2.37. The van der Waals surface area contributed by atoms with Crippen molar-refractivity contribution < 1.29 is 9.84 Å². The molecule has 3 N–H and O–H groups in total. The zero-order valence-electron chi connectivity index (χ0n) is 9.48. The third-order valence-corrected chi connectivity index (χ3v) is 3.56. The van der Waals surface area contributed by atoms with Crippen molar-refractivity contribution in [2.75, 3.05) is 19.8 Å². The van der Waals surface area contributed by atoms with E-state index in [1.165, 1.54) is 5.56 Å². The molecule has 3 heteroatoms. The van der Waals surface area contributed by atoms with Crippen LogP contribution in [0.25, 0.3) is 0 Å². The van der Waals surface area contributed by atoms with Gasteiger partial charge in [-0.1, -0.05) is 24.3 Å². The normalized spacial score (nSPS) is 19.6. The van der Waals surface area contributed by atoms with Crippen molar-refractivity contribution >= 4 is 0 Å². The zero-order valence-corrected chi connectivity index (χ0v) is 9.48. The van der Waals surface area contributed by atoms with Gasteiger partial charge in [-0.25, -0.2) is 0 Å². The van der Waals surface area contributed by atoms with Crippen LogP contribution in [0.4, 0.5) is 0 Å². The molecule has 1 heterocycles. The van der Waals surface area contributed by atoms with Crippen LogP contribution in [0.15, 0.2) is 24.3 Å². The summed E-state index contributed by atoms with van der Waals surface area (Å²) < 4.78 is 5.38. The highest BCUT2D eigenvalue weighted by atomic mass is 16.5. The van der Waals surface area contributed by atoms with Crippen molar-refractivity contribution in [3.63, 3.8) is 0 Å². The Balaban J connectivity index is 2.38. The number of aliphatic hydroxyl groups excluding tert-OH is 1. The van der Waals surface area contributed by atoms with Crippen LogP contribution in [-0.2, 0) is 16.7 Å².